The minimum absolute atomic E-state index is 0.0550. The molecule has 0 fully saturated rings. The molecule has 1 heterocycles. The van der Waals surface area contributed by atoms with Gasteiger partial charge in [0, 0.05) is 5.56 Å². The van der Waals surface area contributed by atoms with Crippen LogP contribution in [0.15, 0.2) is 63.7 Å². The Labute approximate surface area is 159 Å². The second-order valence-corrected chi connectivity index (χ2v) is 6.81. The molecule has 0 saturated heterocycles. The van der Waals surface area contributed by atoms with Gasteiger partial charge in [0.2, 0.25) is 0 Å². The Hall–Kier alpha value is -3.06. The van der Waals surface area contributed by atoms with Crippen LogP contribution in [0, 0.1) is 12.7 Å². The number of aliphatic imine (C=N–C) groups is 1. The third-order valence-electron chi connectivity index (χ3n) is 3.81. The van der Waals surface area contributed by atoms with Gasteiger partial charge in [-0.25, -0.2) is 14.2 Å². The normalized spacial score (nSPS) is 17.0. The number of hydrogen-bond donors (Lipinski definition) is 2. The summed E-state index contributed by atoms with van der Waals surface area (Å²) in [5, 5.41) is 20.8. The van der Waals surface area contributed by atoms with E-state index in [-0.39, 0.29) is 22.1 Å². The lowest BCUT2D eigenvalue weighted by Gasteiger charge is -2.02. The minimum atomic E-state index is -0.739. The van der Waals surface area contributed by atoms with Crippen molar-refractivity contribution in [3.63, 3.8) is 0 Å². The first-order valence-corrected chi connectivity index (χ1v) is 8.76. The lowest BCUT2D eigenvalue weighted by atomic mass is 10.1. The Bertz CT molecular complexity index is 994. The third-order valence-corrected chi connectivity index (χ3v) is 4.83. The summed E-state index contributed by atoms with van der Waals surface area (Å²) in [7, 11) is 1.20. The van der Waals surface area contributed by atoms with Crippen molar-refractivity contribution >= 4 is 34.5 Å². The molecule has 0 spiro atoms. The van der Waals surface area contributed by atoms with E-state index in [4.69, 9.17) is 4.74 Å². The van der Waals surface area contributed by atoms with Crippen molar-refractivity contribution in [3.05, 3.63) is 75.6 Å². The van der Waals surface area contributed by atoms with Crippen LogP contribution >= 0.6 is 11.8 Å². The number of phenols is 1. The van der Waals surface area contributed by atoms with Crippen molar-refractivity contribution in [2.45, 2.75) is 6.92 Å². The molecule has 1 aliphatic heterocycles. The number of nitrogens with zero attached hydrogens (tertiary/aromatic N) is 1. The number of carbonyl (C=O) groups is 1. The molecular formula is C20H16FNO4S. The van der Waals surface area contributed by atoms with E-state index in [1.807, 2.05) is 13.0 Å². The number of hydrogen-bond acceptors (Lipinski definition) is 6. The molecule has 138 valence electrons. The molecule has 2 N–H and O–H groups in total. The highest BCUT2D eigenvalue weighted by molar-refractivity contribution is 8.18. The number of aliphatic hydroxyl groups is 1. The molecule has 0 aliphatic carbocycles. The molecule has 1 aliphatic rings. The van der Waals surface area contributed by atoms with Crippen LogP contribution in [0.5, 0.6) is 5.75 Å². The van der Waals surface area contributed by atoms with Crippen LogP contribution in [0.2, 0.25) is 0 Å². The predicted molar refractivity (Wildman–Crippen MR) is 104 cm³/mol. The number of carbonyl (C=O) groups excluding carboxylic acids is 1. The van der Waals surface area contributed by atoms with Crippen LogP contribution in [-0.2, 0) is 9.53 Å². The summed E-state index contributed by atoms with van der Waals surface area (Å²) >= 11 is 1.06. The Morgan fingerprint density at radius 1 is 1.19 bits per heavy atom. The molecule has 2 aromatic carbocycles. The van der Waals surface area contributed by atoms with Crippen LogP contribution in [-0.4, -0.2) is 28.3 Å². The molecule has 0 amide bonds. The van der Waals surface area contributed by atoms with Crippen LogP contribution in [0.3, 0.4) is 0 Å². The maximum atomic E-state index is 13.1. The Balaban J connectivity index is 2.05. The van der Waals surface area contributed by atoms with E-state index in [9.17, 15) is 19.4 Å². The second-order valence-electron chi connectivity index (χ2n) is 5.78. The van der Waals surface area contributed by atoms with Crippen LogP contribution in [0.25, 0.3) is 6.08 Å². The van der Waals surface area contributed by atoms with Crippen molar-refractivity contribution in [2.75, 3.05) is 7.11 Å². The van der Waals surface area contributed by atoms with Gasteiger partial charge >= 0.3 is 5.97 Å². The summed E-state index contributed by atoms with van der Waals surface area (Å²) in [6.07, 6.45) is 1.56. The Morgan fingerprint density at radius 2 is 1.89 bits per heavy atom. The van der Waals surface area contributed by atoms with Gasteiger partial charge in [0.1, 0.15) is 27.9 Å². The quantitative estimate of drug-likeness (QED) is 0.753. The molecule has 7 heteroatoms. The van der Waals surface area contributed by atoms with Gasteiger partial charge in [0.15, 0.2) is 0 Å². The zero-order chi connectivity index (χ0) is 19.6. The number of phenolic OH excluding ortho intramolecular Hbond substituents is 1. The Kier molecular flexibility index (Phi) is 5.32. The number of aryl methyl sites for hydroxylation is 1. The summed E-state index contributed by atoms with van der Waals surface area (Å²) in [5.74, 6) is -1.37. The van der Waals surface area contributed by atoms with E-state index in [2.05, 4.69) is 4.99 Å². The number of halogens is 1. The maximum absolute atomic E-state index is 13.1. The fourth-order valence-corrected chi connectivity index (χ4v) is 3.47. The highest BCUT2D eigenvalue weighted by Gasteiger charge is 2.33. The van der Waals surface area contributed by atoms with Crippen LogP contribution in [0.4, 0.5) is 10.1 Å². The maximum Gasteiger partial charge on any atom is 0.344 e. The number of methoxy groups -OCH3 is 1. The monoisotopic (exact) mass is 385 g/mol. The SMILES string of the molecule is COC(=O)C1=C(O)C(=Cc2ccc(C)cc2O)SC1=Nc1ccc(F)cc1. The average Bonchev–Trinajstić information content (AvgIpc) is 2.94. The number of rotatable bonds is 3. The number of aliphatic hydroxyl groups excluding tert-OH is 1. The zero-order valence-electron chi connectivity index (χ0n) is 14.6. The van der Waals surface area contributed by atoms with E-state index in [1.165, 1.54) is 31.4 Å². The molecule has 0 saturated carbocycles. The number of thioether (sulfide) groups is 1. The molecular weight excluding hydrogens is 369 g/mol. The number of benzene rings is 2. The zero-order valence-corrected chi connectivity index (χ0v) is 15.4. The molecule has 0 bridgehead atoms. The summed E-state index contributed by atoms with van der Waals surface area (Å²) < 4.78 is 17.8. The van der Waals surface area contributed by atoms with Gasteiger partial charge in [0.25, 0.3) is 0 Å². The number of aromatic hydroxyl groups is 1. The van der Waals surface area contributed by atoms with E-state index in [0.717, 1.165) is 17.3 Å². The number of ether oxygens (including phenoxy) is 1. The first-order valence-electron chi connectivity index (χ1n) is 7.94. The fraction of sp³-hybridized carbons (Fsp3) is 0.100. The van der Waals surface area contributed by atoms with Gasteiger partial charge in [-0.15, -0.1) is 0 Å². The lowest BCUT2D eigenvalue weighted by Crippen LogP contribution is -2.10. The van der Waals surface area contributed by atoms with Crippen molar-refractivity contribution in [3.8, 4) is 5.75 Å². The van der Waals surface area contributed by atoms with Gasteiger partial charge < -0.3 is 14.9 Å². The van der Waals surface area contributed by atoms with E-state index in [1.54, 1.807) is 18.2 Å². The van der Waals surface area contributed by atoms with Gasteiger partial charge in [-0.05, 0) is 48.9 Å². The lowest BCUT2D eigenvalue weighted by molar-refractivity contribution is -0.135. The summed E-state index contributed by atoms with van der Waals surface area (Å²) in [4.78, 5) is 16.8. The van der Waals surface area contributed by atoms with E-state index < -0.39 is 11.8 Å². The fourth-order valence-electron chi connectivity index (χ4n) is 2.44. The van der Waals surface area contributed by atoms with Crippen LogP contribution < -0.4 is 0 Å². The Morgan fingerprint density at radius 3 is 2.52 bits per heavy atom. The van der Waals surface area contributed by atoms with Gasteiger partial charge in [-0.2, -0.15) is 0 Å². The average molecular weight is 385 g/mol. The molecule has 2 aromatic rings. The first-order chi connectivity index (χ1) is 12.9. The molecule has 0 unspecified atom stereocenters. The van der Waals surface area contributed by atoms with Gasteiger partial charge in [-0.3, -0.25) is 0 Å². The molecule has 3 rings (SSSR count). The van der Waals surface area contributed by atoms with Crippen molar-refractivity contribution in [2.24, 2.45) is 4.99 Å². The predicted octanol–water partition coefficient (Wildman–Crippen LogP) is 4.64. The highest BCUT2D eigenvalue weighted by Crippen LogP contribution is 2.41. The summed E-state index contributed by atoms with van der Waals surface area (Å²) in [6.45, 7) is 1.85. The van der Waals surface area contributed by atoms with Crippen LogP contribution in [0.1, 0.15) is 11.1 Å². The largest absolute Gasteiger partial charge is 0.507 e. The molecule has 5 nitrogen and oxygen atoms in total. The van der Waals surface area contributed by atoms with Crippen molar-refractivity contribution in [1.82, 2.24) is 0 Å². The third kappa shape index (κ3) is 4.03. The topological polar surface area (TPSA) is 79.1 Å². The molecule has 0 aromatic heterocycles. The smallest absolute Gasteiger partial charge is 0.344 e. The highest BCUT2D eigenvalue weighted by atomic mass is 32.2. The number of esters is 1. The molecule has 0 atom stereocenters. The summed E-state index contributed by atoms with van der Waals surface area (Å²) in [5.41, 5.74) is 1.72. The van der Waals surface area contributed by atoms with E-state index in [0.29, 0.717) is 16.2 Å². The van der Waals surface area contributed by atoms with E-state index >= 15 is 0 Å². The second kappa shape index (κ2) is 7.67. The van der Waals surface area contributed by atoms with Crippen molar-refractivity contribution in [1.29, 1.82) is 0 Å². The standard InChI is InChI=1S/C20H16FNO4S/c1-11-3-4-12(15(23)9-11)10-16-18(24)17(20(25)26-2)19(27-16)22-14-7-5-13(21)6-8-14/h3-10,23-24H,1-2H3. The minimum Gasteiger partial charge on any atom is -0.507 e. The molecule has 0 radical (unpaired) electrons. The van der Waals surface area contributed by atoms with Gasteiger partial charge in [0.05, 0.1) is 17.7 Å². The first kappa shape index (κ1) is 18.7. The molecule has 27 heavy (non-hydrogen) atoms. The summed E-state index contributed by atoms with van der Waals surface area (Å²) in [6, 6.07) is 10.6. The van der Waals surface area contributed by atoms with Crippen molar-refractivity contribution < 1.29 is 24.1 Å². The van der Waals surface area contributed by atoms with Gasteiger partial charge in [-0.1, -0.05) is 23.9 Å².